The number of carbonyl (C=O) groups is 1. The maximum Gasteiger partial charge on any atom is 0.304 e. The normalized spacial score (nSPS) is 13.9. The highest BCUT2D eigenvalue weighted by atomic mass is 19.3. The van der Waals surface area contributed by atoms with Crippen molar-refractivity contribution in [2.75, 3.05) is 6.79 Å². The molecule has 0 aliphatic carbocycles. The summed E-state index contributed by atoms with van der Waals surface area (Å²) in [6, 6.07) is 2.68. The van der Waals surface area contributed by atoms with Crippen LogP contribution in [0, 0.1) is 0 Å². The van der Waals surface area contributed by atoms with Crippen molar-refractivity contribution >= 4 is 5.97 Å². The lowest BCUT2D eigenvalue weighted by molar-refractivity contribution is -0.138. The maximum atomic E-state index is 13.1. The summed E-state index contributed by atoms with van der Waals surface area (Å²) in [6.45, 7) is 3.22. The largest absolute Gasteiger partial charge is 0.481 e. The highest BCUT2D eigenvalue weighted by Crippen LogP contribution is 2.43. The molecule has 0 bridgehead atoms. The average molecular weight is 272 g/mol. The van der Waals surface area contributed by atoms with E-state index in [2.05, 4.69) is 0 Å². The third-order valence-corrected chi connectivity index (χ3v) is 3.10. The Hall–Kier alpha value is -1.85. The summed E-state index contributed by atoms with van der Waals surface area (Å²) in [4.78, 5) is 10.9. The van der Waals surface area contributed by atoms with E-state index >= 15 is 0 Å². The van der Waals surface area contributed by atoms with Gasteiger partial charge >= 0.3 is 5.97 Å². The molecule has 0 fully saturated rings. The van der Waals surface area contributed by atoms with Crippen LogP contribution in [0.5, 0.6) is 11.5 Å². The first-order chi connectivity index (χ1) is 8.81. The second-order valence-corrected chi connectivity index (χ2v) is 5.05. The predicted molar refractivity (Wildman–Crippen MR) is 62.8 cm³/mol. The number of carboxylic acid groups (broad SMARTS) is 1. The number of ether oxygens (including phenoxy) is 2. The van der Waals surface area contributed by atoms with Gasteiger partial charge in [0.25, 0.3) is 6.43 Å². The van der Waals surface area contributed by atoms with Gasteiger partial charge in [-0.1, -0.05) is 13.8 Å². The topological polar surface area (TPSA) is 55.8 Å². The lowest BCUT2D eigenvalue weighted by Crippen LogP contribution is -2.23. The minimum Gasteiger partial charge on any atom is -0.481 e. The molecule has 6 heteroatoms. The smallest absolute Gasteiger partial charge is 0.304 e. The molecule has 0 aromatic heterocycles. The number of hydrogen-bond acceptors (Lipinski definition) is 3. The van der Waals surface area contributed by atoms with E-state index in [1.807, 2.05) is 0 Å². The second-order valence-electron chi connectivity index (χ2n) is 5.05. The Morgan fingerprint density at radius 1 is 1.37 bits per heavy atom. The molecule has 104 valence electrons. The SMILES string of the molecule is CC(C)(CC(=O)O)c1cc2c(cc1C(F)F)OCO2. The van der Waals surface area contributed by atoms with Gasteiger partial charge in [-0.25, -0.2) is 8.78 Å². The molecule has 1 N–H and O–H groups in total. The van der Waals surface area contributed by atoms with Gasteiger partial charge < -0.3 is 14.6 Å². The van der Waals surface area contributed by atoms with Gasteiger partial charge in [-0.15, -0.1) is 0 Å². The molecule has 0 atom stereocenters. The Morgan fingerprint density at radius 2 is 1.95 bits per heavy atom. The van der Waals surface area contributed by atoms with Crippen LogP contribution in [0.2, 0.25) is 0 Å². The fourth-order valence-electron chi connectivity index (χ4n) is 2.20. The molecule has 0 saturated carbocycles. The van der Waals surface area contributed by atoms with E-state index in [1.165, 1.54) is 12.1 Å². The maximum absolute atomic E-state index is 13.1. The van der Waals surface area contributed by atoms with E-state index in [-0.39, 0.29) is 30.1 Å². The number of alkyl halides is 2. The molecule has 2 rings (SSSR count). The van der Waals surface area contributed by atoms with E-state index in [9.17, 15) is 13.6 Å². The molecular weight excluding hydrogens is 258 g/mol. The molecule has 1 aromatic carbocycles. The van der Waals surface area contributed by atoms with Crippen LogP contribution < -0.4 is 9.47 Å². The van der Waals surface area contributed by atoms with Gasteiger partial charge in [0, 0.05) is 11.0 Å². The number of rotatable bonds is 4. The summed E-state index contributed by atoms with van der Waals surface area (Å²) in [5, 5.41) is 8.89. The molecule has 0 saturated heterocycles. The molecule has 1 aromatic rings. The van der Waals surface area contributed by atoms with Gasteiger partial charge in [-0.05, 0) is 17.7 Å². The summed E-state index contributed by atoms with van der Waals surface area (Å²) in [5.41, 5.74) is -0.858. The van der Waals surface area contributed by atoms with E-state index < -0.39 is 17.8 Å². The fraction of sp³-hybridized carbons (Fsp3) is 0.462. The summed E-state index contributed by atoms with van der Waals surface area (Å²) in [5.74, 6) is -0.397. The van der Waals surface area contributed by atoms with Crippen LogP contribution in [0.15, 0.2) is 12.1 Å². The number of aliphatic carboxylic acids is 1. The van der Waals surface area contributed by atoms with Crippen LogP contribution in [0.25, 0.3) is 0 Å². The van der Waals surface area contributed by atoms with E-state index in [1.54, 1.807) is 13.8 Å². The molecule has 0 amide bonds. The molecule has 0 radical (unpaired) electrons. The van der Waals surface area contributed by atoms with Gasteiger partial charge in [-0.2, -0.15) is 0 Å². The van der Waals surface area contributed by atoms with Gasteiger partial charge in [0.1, 0.15) is 0 Å². The number of fused-ring (bicyclic) bond motifs is 1. The fourth-order valence-corrected chi connectivity index (χ4v) is 2.20. The highest BCUT2D eigenvalue weighted by molar-refractivity contribution is 5.69. The summed E-state index contributed by atoms with van der Waals surface area (Å²) in [6.07, 6.45) is -2.94. The number of halogens is 2. The molecule has 1 aliphatic rings. The van der Waals surface area contributed by atoms with Crippen LogP contribution in [0.1, 0.15) is 37.8 Å². The lowest BCUT2D eigenvalue weighted by atomic mass is 9.79. The van der Waals surface area contributed by atoms with Crippen molar-refractivity contribution in [1.82, 2.24) is 0 Å². The molecule has 0 unspecified atom stereocenters. The van der Waals surface area contributed by atoms with Gasteiger partial charge in [0.2, 0.25) is 6.79 Å². The number of benzene rings is 1. The molecule has 19 heavy (non-hydrogen) atoms. The molecule has 1 heterocycles. The minimum atomic E-state index is -2.70. The second kappa shape index (κ2) is 4.68. The summed E-state index contributed by atoms with van der Waals surface area (Å²) < 4.78 is 36.5. The molecule has 1 aliphatic heterocycles. The van der Waals surface area contributed by atoms with Crippen molar-refractivity contribution in [3.8, 4) is 11.5 Å². The van der Waals surface area contributed by atoms with E-state index in [0.29, 0.717) is 5.75 Å². The first kappa shape index (κ1) is 13.6. The predicted octanol–water partition coefficient (Wildman–Crippen LogP) is 3.11. The summed E-state index contributed by atoms with van der Waals surface area (Å²) >= 11 is 0. The lowest BCUT2D eigenvalue weighted by Gasteiger charge is -2.26. The van der Waals surface area contributed by atoms with Crippen molar-refractivity contribution in [1.29, 1.82) is 0 Å². The first-order valence-electron chi connectivity index (χ1n) is 5.75. The third-order valence-electron chi connectivity index (χ3n) is 3.10. The monoisotopic (exact) mass is 272 g/mol. The first-order valence-corrected chi connectivity index (χ1v) is 5.75. The van der Waals surface area contributed by atoms with Crippen molar-refractivity contribution in [2.24, 2.45) is 0 Å². The zero-order valence-electron chi connectivity index (χ0n) is 10.6. The Morgan fingerprint density at radius 3 is 2.47 bits per heavy atom. The van der Waals surface area contributed by atoms with Crippen LogP contribution in [0.4, 0.5) is 8.78 Å². The Kier molecular flexibility index (Phi) is 3.34. The Balaban J connectivity index is 2.51. The highest BCUT2D eigenvalue weighted by Gasteiger charge is 2.32. The van der Waals surface area contributed by atoms with Crippen molar-refractivity contribution in [3.05, 3.63) is 23.3 Å². The summed E-state index contributed by atoms with van der Waals surface area (Å²) in [7, 11) is 0. The zero-order valence-corrected chi connectivity index (χ0v) is 10.6. The standard InChI is InChI=1S/C13H14F2O4/c1-13(2,5-11(16)17)8-4-10-9(18-6-19-10)3-7(8)12(14)15/h3-4,12H,5-6H2,1-2H3,(H,16,17). The quantitative estimate of drug-likeness (QED) is 0.915. The number of hydrogen-bond donors (Lipinski definition) is 1. The number of carboxylic acids is 1. The van der Waals surface area contributed by atoms with Crippen molar-refractivity contribution in [3.63, 3.8) is 0 Å². The molecule has 4 nitrogen and oxygen atoms in total. The van der Waals surface area contributed by atoms with Crippen LogP contribution in [0.3, 0.4) is 0 Å². The van der Waals surface area contributed by atoms with Gasteiger partial charge in [0.15, 0.2) is 11.5 Å². The van der Waals surface area contributed by atoms with Gasteiger partial charge in [0.05, 0.1) is 6.42 Å². The zero-order chi connectivity index (χ0) is 14.2. The van der Waals surface area contributed by atoms with Crippen molar-refractivity contribution in [2.45, 2.75) is 32.1 Å². The van der Waals surface area contributed by atoms with E-state index in [4.69, 9.17) is 14.6 Å². The van der Waals surface area contributed by atoms with Crippen LogP contribution in [-0.2, 0) is 10.2 Å². The molecular formula is C13H14F2O4. The molecule has 0 spiro atoms. The Labute approximate surface area is 108 Å². The minimum absolute atomic E-state index is 0.0131. The third kappa shape index (κ3) is 2.62. The van der Waals surface area contributed by atoms with E-state index in [0.717, 1.165) is 0 Å². The van der Waals surface area contributed by atoms with Gasteiger partial charge in [-0.3, -0.25) is 4.79 Å². The van der Waals surface area contributed by atoms with Crippen LogP contribution in [-0.4, -0.2) is 17.9 Å². The van der Waals surface area contributed by atoms with Crippen LogP contribution >= 0.6 is 0 Å². The Bertz CT molecular complexity index is 512. The average Bonchev–Trinajstić information content (AvgIpc) is 2.72. The van der Waals surface area contributed by atoms with Crippen molar-refractivity contribution < 1.29 is 28.2 Å².